The Hall–Kier alpha value is -2.60. The molecule has 2 amide bonds. The Morgan fingerprint density at radius 3 is 2.61 bits per heavy atom. The molecule has 0 atom stereocenters. The van der Waals surface area contributed by atoms with Gasteiger partial charge in [0.05, 0.1) is 10.7 Å². The van der Waals surface area contributed by atoms with Gasteiger partial charge in [0.25, 0.3) is 5.91 Å². The lowest BCUT2D eigenvalue weighted by atomic mass is 10.2. The van der Waals surface area contributed by atoms with Crippen molar-refractivity contribution in [3.63, 3.8) is 0 Å². The minimum atomic E-state index is -0.620. The molecule has 23 heavy (non-hydrogen) atoms. The molecule has 0 fully saturated rings. The smallest absolute Gasteiger partial charge is 0.262 e. The van der Waals surface area contributed by atoms with E-state index in [1.165, 1.54) is 19.1 Å². The van der Waals surface area contributed by atoms with Crippen molar-refractivity contribution in [2.45, 2.75) is 6.92 Å². The molecule has 0 aliphatic rings. The van der Waals surface area contributed by atoms with Crippen molar-refractivity contribution < 1.29 is 18.7 Å². The SMILES string of the molecule is CC(=O)Nc1ccc(F)c(NC(=O)COc2ccccc2Cl)c1. The highest BCUT2D eigenvalue weighted by molar-refractivity contribution is 6.32. The number of anilines is 2. The minimum absolute atomic E-state index is 0.0518. The fourth-order valence-electron chi connectivity index (χ4n) is 1.79. The monoisotopic (exact) mass is 336 g/mol. The summed E-state index contributed by atoms with van der Waals surface area (Å²) >= 11 is 5.91. The molecule has 5 nitrogen and oxygen atoms in total. The number of benzene rings is 2. The van der Waals surface area contributed by atoms with Crippen LogP contribution in [0.4, 0.5) is 15.8 Å². The summed E-state index contributed by atoms with van der Waals surface area (Å²) in [5.41, 5.74) is 0.324. The van der Waals surface area contributed by atoms with Crippen molar-refractivity contribution >= 4 is 34.8 Å². The van der Waals surface area contributed by atoms with E-state index < -0.39 is 11.7 Å². The van der Waals surface area contributed by atoms with E-state index >= 15 is 0 Å². The Kier molecular flexibility index (Phi) is 5.54. The number of halogens is 2. The number of amides is 2. The first-order valence-corrected chi connectivity index (χ1v) is 7.08. The Balaban J connectivity index is 1.99. The second-order valence-electron chi connectivity index (χ2n) is 4.64. The van der Waals surface area contributed by atoms with Crippen LogP contribution in [0.5, 0.6) is 5.75 Å². The molecule has 120 valence electrons. The Bertz CT molecular complexity index is 737. The molecule has 0 bridgehead atoms. The zero-order valence-electron chi connectivity index (χ0n) is 12.2. The lowest BCUT2D eigenvalue weighted by molar-refractivity contribution is -0.118. The number of para-hydroxylation sites is 1. The van der Waals surface area contributed by atoms with Gasteiger partial charge in [-0.05, 0) is 30.3 Å². The molecule has 0 aliphatic carbocycles. The Labute approximate surface area is 137 Å². The van der Waals surface area contributed by atoms with Gasteiger partial charge >= 0.3 is 0 Å². The van der Waals surface area contributed by atoms with Crippen LogP contribution in [0.3, 0.4) is 0 Å². The number of ether oxygens (including phenoxy) is 1. The third-order valence-corrected chi connectivity index (χ3v) is 3.07. The quantitative estimate of drug-likeness (QED) is 0.878. The third-order valence-electron chi connectivity index (χ3n) is 2.76. The highest BCUT2D eigenvalue weighted by Crippen LogP contribution is 2.23. The standard InChI is InChI=1S/C16H14ClFN2O3/c1-10(21)19-11-6-7-13(18)14(8-11)20-16(22)9-23-15-5-3-2-4-12(15)17/h2-8H,9H2,1H3,(H,19,21)(H,20,22). The van der Waals surface area contributed by atoms with Crippen LogP contribution in [0.25, 0.3) is 0 Å². The fourth-order valence-corrected chi connectivity index (χ4v) is 1.98. The van der Waals surface area contributed by atoms with Crippen molar-refractivity contribution in [3.05, 3.63) is 53.3 Å². The average molecular weight is 337 g/mol. The van der Waals surface area contributed by atoms with E-state index in [-0.39, 0.29) is 18.2 Å². The molecule has 0 aliphatic heterocycles. The van der Waals surface area contributed by atoms with E-state index in [1.54, 1.807) is 24.3 Å². The van der Waals surface area contributed by atoms with Crippen LogP contribution in [0.1, 0.15) is 6.92 Å². The summed E-state index contributed by atoms with van der Waals surface area (Å²) < 4.78 is 19.0. The molecule has 7 heteroatoms. The summed E-state index contributed by atoms with van der Waals surface area (Å²) in [7, 11) is 0. The zero-order chi connectivity index (χ0) is 16.8. The van der Waals surface area contributed by atoms with Crippen LogP contribution in [0.2, 0.25) is 5.02 Å². The maximum absolute atomic E-state index is 13.7. The lowest BCUT2D eigenvalue weighted by Gasteiger charge is -2.10. The third kappa shape index (κ3) is 4.96. The van der Waals surface area contributed by atoms with Crippen molar-refractivity contribution in [2.24, 2.45) is 0 Å². The Morgan fingerprint density at radius 1 is 1.17 bits per heavy atom. The van der Waals surface area contributed by atoms with Gasteiger partial charge in [-0.15, -0.1) is 0 Å². The van der Waals surface area contributed by atoms with Gasteiger partial charge < -0.3 is 15.4 Å². The Morgan fingerprint density at radius 2 is 1.91 bits per heavy atom. The molecule has 2 aromatic carbocycles. The van der Waals surface area contributed by atoms with Crippen LogP contribution in [0, 0.1) is 5.82 Å². The van der Waals surface area contributed by atoms with E-state index in [0.717, 1.165) is 6.07 Å². The van der Waals surface area contributed by atoms with Crippen molar-refractivity contribution in [1.29, 1.82) is 0 Å². The van der Waals surface area contributed by atoms with Crippen LogP contribution >= 0.6 is 11.6 Å². The molecular formula is C16H14ClFN2O3. The predicted octanol–water partition coefficient (Wildman–Crippen LogP) is 3.46. The van der Waals surface area contributed by atoms with E-state index in [0.29, 0.717) is 16.5 Å². The van der Waals surface area contributed by atoms with Gasteiger partial charge in [-0.2, -0.15) is 0 Å². The highest BCUT2D eigenvalue weighted by atomic mass is 35.5. The van der Waals surface area contributed by atoms with Crippen molar-refractivity contribution in [1.82, 2.24) is 0 Å². The first-order chi connectivity index (χ1) is 11.0. The van der Waals surface area contributed by atoms with Crippen LogP contribution in [-0.4, -0.2) is 18.4 Å². The molecule has 2 rings (SSSR count). The van der Waals surface area contributed by atoms with Crippen molar-refractivity contribution in [3.8, 4) is 5.75 Å². The predicted molar refractivity (Wildman–Crippen MR) is 86.3 cm³/mol. The van der Waals surface area contributed by atoms with Crippen LogP contribution < -0.4 is 15.4 Å². The lowest BCUT2D eigenvalue weighted by Crippen LogP contribution is -2.21. The summed E-state index contributed by atoms with van der Waals surface area (Å²) in [5, 5.41) is 5.26. The maximum atomic E-state index is 13.7. The number of carbonyl (C=O) groups is 2. The fraction of sp³-hybridized carbons (Fsp3) is 0.125. The summed E-state index contributed by atoms with van der Waals surface area (Å²) in [5.74, 6) is -1.11. The summed E-state index contributed by atoms with van der Waals surface area (Å²) in [6.45, 7) is 1.01. The van der Waals surface area contributed by atoms with E-state index in [1.807, 2.05) is 0 Å². The summed E-state index contributed by atoms with van der Waals surface area (Å²) in [6, 6.07) is 10.6. The first kappa shape index (κ1) is 16.8. The topological polar surface area (TPSA) is 67.4 Å². The molecule has 0 radical (unpaired) electrons. The molecule has 2 N–H and O–H groups in total. The van der Waals surface area contributed by atoms with Crippen molar-refractivity contribution in [2.75, 3.05) is 17.2 Å². The highest BCUT2D eigenvalue weighted by Gasteiger charge is 2.10. The molecule has 0 saturated heterocycles. The van der Waals surface area contributed by atoms with Gasteiger partial charge in [-0.3, -0.25) is 9.59 Å². The van der Waals surface area contributed by atoms with Crippen LogP contribution in [-0.2, 0) is 9.59 Å². The number of hydrogen-bond acceptors (Lipinski definition) is 3. The van der Waals surface area contributed by atoms with Gasteiger partial charge in [0.2, 0.25) is 5.91 Å². The zero-order valence-corrected chi connectivity index (χ0v) is 13.0. The molecule has 0 heterocycles. The van der Waals surface area contributed by atoms with Gasteiger partial charge in [0, 0.05) is 12.6 Å². The first-order valence-electron chi connectivity index (χ1n) is 6.70. The molecule has 0 aromatic heterocycles. The summed E-state index contributed by atoms with van der Waals surface area (Å²) in [4.78, 5) is 22.8. The molecule has 2 aromatic rings. The van der Waals surface area contributed by atoms with Gasteiger partial charge in [-0.25, -0.2) is 4.39 Å². The van der Waals surface area contributed by atoms with Gasteiger partial charge in [0.1, 0.15) is 11.6 Å². The van der Waals surface area contributed by atoms with Gasteiger partial charge in [0.15, 0.2) is 6.61 Å². The molecular weight excluding hydrogens is 323 g/mol. The van der Waals surface area contributed by atoms with Crippen LogP contribution in [0.15, 0.2) is 42.5 Å². The number of hydrogen-bond donors (Lipinski definition) is 2. The average Bonchev–Trinajstić information content (AvgIpc) is 2.49. The number of rotatable bonds is 5. The van der Waals surface area contributed by atoms with E-state index in [4.69, 9.17) is 16.3 Å². The van der Waals surface area contributed by atoms with E-state index in [2.05, 4.69) is 10.6 Å². The number of carbonyl (C=O) groups excluding carboxylic acids is 2. The van der Waals surface area contributed by atoms with E-state index in [9.17, 15) is 14.0 Å². The van der Waals surface area contributed by atoms with Gasteiger partial charge in [-0.1, -0.05) is 23.7 Å². The molecule has 0 saturated carbocycles. The molecule has 0 unspecified atom stereocenters. The second-order valence-corrected chi connectivity index (χ2v) is 5.05. The number of nitrogens with one attached hydrogen (secondary N) is 2. The normalized spacial score (nSPS) is 10.0. The second kappa shape index (κ2) is 7.60. The minimum Gasteiger partial charge on any atom is -0.482 e. The maximum Gasteiger partial charge on any atom is 0.262 e. The molecule has 0 spiro atoms. The summed E-state index contributed by atoms with van der Waals surface area (Å²) in [6.07, 6.45) is 0. The largest absolute Gasteiger partial charge is 0.482 e.